The molecule has 1 aromatic carbocycles. The van der Waals surface area contributed by atoms with E-state index in [0.717, 1.165) is 0 Å². The number of benzene rings is 1. The molecule has 2 rings (SSSR count). The van der Waals surface area contributed by atoms with Crippen molar-refractivity contribution in [1.82, 2.24) is 14.8 Å². The normalized spacial score (nSPS) is 10.5. The molecule has 0 unspecified atom stereocenters. The molecule has 0 saturated heterocycles. The molecule has 15 heavy (non-hydrogen) atoms. The fraction of sp³-hybridized carbons (Fsp3) is 0.111. The Kier molecular flexibility index (Phi) is 2.50. The van der Waals surface area contributed by atoms with Gasteiger partial charge in [-0.3, -0.25) is 9.78 Å². The van der Waals surface area contributed by atoms with Gasteiger partial charge in [-0.2, -0.15) is 4.98 Å². The standard InChI is InChI=1S/C9H8ClN3OS/c1-13-9(15)11-8(12-13)6-4-5(14)2-3-7(6)10/h2-4,14H,1H3,(H,11,12,15). The van der Waals surface area contributed by atoms with Crippen molar-refractivity contribution in [2.75, 3.05) is 0 Å². The number of nitrogens with one attached hydrogen (secondary N) is 1. The SMILES string of the molecule is Cn1[nH]c(-c2cc(O)ccc2Cl)nc1=S. The van der Waals surface area contributed by atoms with Crippen LogP contribution in [0.15, 0.2) is 18.2 Å². The molecule has 2 aromatic rings. The van der Waals surface area contributed by atoms with E-state index >= 15 is 0 Å². The summed E-state index contributed by atoms with van der Waals surface area (Å²) in [7, 11) is 1.76. The molecule has 0 saturated carbocycles. The van der Waals surface area contributed by atoms with Gasteiger partial charge in [0.1, 0.15) is 5.75 Å². The van der Waals surface area contributed by atoms with Crippen molar-refractivity contribution in [1.29, 1.82) is 0 Å². The second-order valence-corrected chi connectivity index (χ2v) is 3.85. The molecule has 0 atom stereocenters. The largest absolute Gasteiger partial charge is 0.508 e. The van der Waals surface area contributed by atoms with E-state index in [4.69, 9.17) is 23.8 Å². The van der Waals surface area contributed by atoms with Crippen molar-refractivity contribution < 1.29 is 5.11 Å². The summed E-state index contributed by atoms with van der Waals surface area (Å²) in [5.41, 5.74) is 0.628. The lowest BCUT2D eigenvalue weighted by atomic mass is 10.2. The highest BCUT2D eigenvalue weighted by atomic mass is 35.5. The summed E-state index contributed by atoms with van der Waals surface area (Å²) < 4.78 is 2.04. The first-order chi connectivity index (χ1) is 7.08. The van der Waals surface area contributed by atoms with Gasteiger partial charge in [-0.05, 0) is 30.4 Å². The van der Waals surface area contributed by atoms with Gasteiger partial charge in [0.2, 0.25) is 4.77 Å². The summed E-state index contributed by atoms with van der Waals surface area (Å²) in [5, 5.41) is 12.8. The minimum atomic E-state index is 0.138. The van der Waals surface area contributed by atoms with Crippen LogP contribution in [0, 0.1) is 4.77 Å². The van der Waals surface area contributed by atoms with Crippen LogP contribution in [0.25, 0.3) is 11.4 Å². The molecule has 0 aliphatic heterocycles. The van der Waals surface area contributed by atoms with Crippen LogP contribution >= 0.6 is 23.8 Å². The number of aromatic nitrogens is 3. The maximum absolute atomic E-state index is 9.34. The Morgan fingerprint density at radius 1 is 1.53 bits per heavy atom. The van der Waals surface area contributed by atoms with E-state index in [0.29, 0.717) is 21.2 Å². The monoisotopic (exact) mass is 241 g/mol. The maximum Gasteiger partial charge on any atom is 0.216 e. The molecular weight excluding hydrogens is 234 g/mol. The number of rotatable bonds is 1. The average molecular weight is 242 g/mol. The molecule has 1 aromatic heterocycles. The zero-order valence-corrected chi connectivity index (χ0v) is 9.43. The van der Waals surface area contributed by atoms with Gasteiger partial charge in [-0.1, -0.05) is 11.6 Å². The Bertz CT molecular complexity index is 561. The molecule has 0 fully saturated rings. The first kappa shape index (κ1) is 10.2. The molecule has 0 bridgehead atoms. The first-order valence-electron chi connectivity index (χ1n) is 4.20. The van der Waals surface area contributed by atoms with Crippen LogP contribution in [0.1, 0.15) is 0 Å². The third kappa shape index (κ3) is 1.88. The van der Waals surface area contributed by atoms with E-state index in [1.165, 1.54) is 12.1 Å². The van der Waals surface area contributed by atoms with Crippen LogP contribution in [0.5, 0.6) is 5.75 Å². The van der Waals surface area contributed by atoms with E-state index in [1.807, 2.05) is 0 Å². The minimum absolute atomic E-state index is 0.138. The Morgan fingerprint density at radius 2 is 2.27 bits per heavy atom. The lowest BCUT2D eigenvalue weighted by Crippen LogP contribution is -1.89. The summed E-state index contributed by atoms with van der Waals surface area (Å²) in [6.45, 7) is 0. The third-order valence-corrected chi connectivity index (χ3v) is 2.67. The fourth-order valence-electron chi connectivity index (χ4n) is 1.22. The zero-order chi connectivity index (χ0) is 11.0. The van der Waals surface area contributed by atoms with E-state index in [1.54, 1.807) is 17.8 Å². The zero-order valence-electron chi connectivity index (χ0n) is 7.86. The van der Waals surface area contributed by atoms with Gasteiger partial charge in [0.05, 0.1) is 5.02 Å². The van der Waals surface area contributed by atoms with E-state index in [2.05, 4.69) is 10.1 Å². The Morgan fingerprint density at radius 3 is 2.87 bits per heavy atom. The van der Waals surface area contributed by atoms with Crippen molar-refractivity contribution in [3.63, 3.8) is 0 Å². The second kappa shape index (κ2) is 3.67. The van der Waals surface area contributed by atoms with Gasteiger partial charge >= 0.3 is 0 Å². The molecule has 78 valence electrons. The number of aryl methyl sites for hydroxylation is 1. The number of phenolic OH excluding ortho intramolecular Hbond substituents is 1. The molecule has 0 aliphatic rings. The topological polar surface area (TPSA) is 53.8 Å². The summed E-state index contributed by atoms with van der Waals surface area (Å²) in [6.07, 6.45) is 0. The van der Waals surface area contributed by atoms with Crippen molar-refractivity contribution in [2.24, 2.45) is 7.05 Å². The molecular formula is C9H8ClN3OS. The van der Waals surface area contributed by atoms with Crippen LogP contribution in [0.4, 0.5) is 0 Å². The van der Waals surface area contributed by atoms with E-state index < -0.39 is 0 Å². The third-order valence-electron chi connectivity index (χ3n) is 1.97. The van der Waals surface area contributed by atoms with Gasteiger partial charge in [0.15, 0.2) is 5.82 Å². The number of hydrogen-bond acceptors (Lipinski definition) is 3. The quantitative estimate of drug-likeness (QED) is 0.755. The van der Waals surface area contributed by atoms with E-state index in [-0.39, 0.29) is 5.75 Å². The lowest BCUT2D eigenvalue weighted by Gasteiger charge is -2.00. The Balaban J connectivity index is 2.63. The molecule has 6 heteroatoms. The molecule has 0 spiro atoms. The summed E-state index contributed by atoms with van der Waals surface area (Å²) in [4.78, 5) is 4.11. The van der Waals surface area contributed by atoms with Crippen LogP contribution < -0.4 is 0 Å². The maximum atomic E-state index is 9.34. The summed E-state index contributed by atoms with van der Waals surface area (Å²) in [5.74, 6) is 0.683. The number of aromatic hydroxyl groups is 1. The number of nitrogens with zero attached hydrogens (tertiary/aromatic N) is 2. The predicted molar refractivity (Wildman–Crippen MR) is 60.5 cm³/mol. The van der Waals surface area contributed by atoms with Gasteiger partial charge in [0, 0.05) is 12.6 Å². The fourth-order valence-corrected chi connectivity index (χ4v) is 1.56. The number of H-pyrrole nitrogens is 1. The van der Waals surface area contributed by atoms with E-state index in [9.17, 15) is 5.11 Å². The Hall–Kier alpha value is -1.33. The summed E-state index contributed by atoms with van der Waals surface area (Å²) >= 11 is 10.9. The molecule has 1 heterocycles. The highest BCUT2D eigenvalue weighted by Gasteiger charge is 2.08. The highest BCUT2D eigenvalue weighted by molar-refractivity contribution is 7.71. The average Bonchev–Trinajstić information content (AvgIpc) is 2.51. The van der Waals surface area contributed by atoms with Gasteiger partial charge in [-0.25, -0.2) is 0 Å². The Labute approximate surface area is 96.1 Å². The smallest absolute Gasteiger partial charge is 0.216 e. The van der Waals surface area contributed by atoms with Crippen molar-refractivity contribution >= 4 is 23.8 Å². The number of phenols is 1. The van der Waals surface area contributed by atoms with Crippen molar-refractivity contribution in [2.45, 2.75) is 0 Å². The van der Waals surface area contributed by atoms with Crippen molar-refractivity contribution in [3.8, 4) is 17.1 Å². The van der Waals surface area contributed by atoms with Crippen LogP contribution in [0.2, 0.25) is 5.02 Å². The van der Waals surface area contributed by atoms with Crippen molar-refractivity contribution in [3.05, 3.63) is 28.0 Å². The lowest BCUT2D eigenvalue weighted by molar-refractivity contribution is 0.475. The molecule has 2 N–H and O–H groups in total. The van der Waals surface area contributed by atoms with Gasteiger partial charge in [-0.15, -0.1) is 0 Å². The van der Waals surface area contributed by atoms with Crippen LogP contribution in [0.3, 0.4) is 0 Å². The summed E-state index contributed by atoms with van der Waals surface area (Å²) in [6, 6.07) is 4.66. The van der Waals surface area contributed by atoms with Gasteiger partial charge in [0.25, 0.3) is 0 Å². The number of hydrogen-bond donors (Lipinski definition) is 2. The molecule has 0 aliphatic carbocycles. The number of aromatic amines is 1. The van der Waals surface area contributed by atoms with Gasteiger partial charge < -0.3 is 5.11 Å². The predicted octanol–water partition coefficient (Wildman–Crippen LogP) is 2.50. The molecule has 4 nitrogen and oxygen atoms in total. The minimum Gasteiger partial charge on any atom is -0.508 e. The van der Waals surface area contributed by atoms with Crippen LogP contribution in [-0.2, 0) is 7.05 Å². The van der Waals surface area contributed by atoms with Crippen LogP contribution in [-0.4, -0.2) is 19.9 Å². The second-order valence-electron chi connectivity index (χ2n) is 3.08. The molecule has 0 radical (unpaired) electrons. The molecule has 0 amide bonds. The number of halogens is 1. The first-order valence-corrected chi connectivity index (χ1v) is 4.98. The highest BCUT2D eigenvalue weighted by Crippen LogP contribution is 2.28.